The van der Waals surface area contributed by atoms with Gasteiger partial charge in [-0.1, -0.05) is 90.0 Å². The van der Waals surface area contributed by atoms with Gasteiger partial charge < -0.3 is 5.11 Å². The smallest absolute Gasteiger partial charge is 0.298 e. The molecule has 1 aromatic rings. The predicted octanol–water partition coefficient (Wildman–Crippen LogP) is 6.27. The molecule has 0 aromatic heterocycles. The maximum Gasteiger partial charge on any atom is 0.298 e. The highest BCUT2D eigenvalue weighted by atomic mass is 32.2. The van der Waals surface area contributed by atoms with Crippen LogP contribution in [0.3, 0.4) is 0 Å². The first kappa shape index (κ1) is 23.0. The van der Waals surface area contributed by atoms with E-state index in [1.165, 1.54) is 82.8 Å². The van der Waals surface area contributed by atoms with Gasteiger partial charge in [0.2, 0.25) is 0 Å². The molecular formula is C21H36O4S. The van der Waals surface area contributed by atoms with Crippen molar-refractivity contribution in [2.24, 2.45) is 0 Å². The summed E-state index contributed by atoms with van der Waals surface area (Å²) in [4.78, 5) is -0.424. The predicted molar refractivity (Wildman–Crippen MR) is 107 cm³/mol. The summed E-state index contributed by atoms with van der Waals surface area (Å²) < 4.78 is 31.1. The van der Waals surface area contributed by atoms with Crippen molar-refractivity contribution in [1.82, 2.24) is 0 Å². The first-order valence-corrected chi connectivity index (χ1v) is 11.7. The van der Waals surface area contributed by atoms with Crippen LogP contribution in [0.15, 0.2) is 23.1 Å². The summed E-state index contributed by atoms with van der Waals surface area (Å²) in [6.07, 6.45) is 17.8. The molecule has 0 fully saturated rings. The summed E-state index contributed by atoms with van der Waals surface area (Å²) >= 11 is 0. The van der Waals surface area contributed by atoms with Crippen LogP contribution in [-0.4, -0.2) is 18.1 Å². The number of phenolic OH excluding ortho intramolecular Hbond substituents is 1. The third-order valence-corrected chi connectivity index (χ3v) is 5.77. The van der Waals surface area contributed by atoms with Crippen molar-refractivity contribution in [3.63, 3.8) is 0 Å². The Kier molecular flexibility index (Phi) is 11.6. The van der Waals surface area contributed by atoms with Crippen LogP contribution in [0.5, 0.6) is 5.75 Å². The van der Waals surface area contributed by atoms with E-state index in [9.17, 15) is 13.5 Å². The highest BCUT2D eigenvalue weighted by Crippen LogP contribution is 2.24. The minimum Gasteiger partial charge on any atom is -0.506 e. The lowest BCUT2D eigenvalue weighted by atomic mass is 10.0. The maximum absolute atomic E-state index is 11.0. The zero-order chi connectivity index (χ0) is 19.3. The zero-order valence-electron chi connectivity index (χ0n) is 16.3. The van der Waals surface area contributed by atoms with Gasteiger partial charge in [-0.05, 0) is 30.5 Å². The van der Waals surface area contributed by atoms with Gasteiger partial charge in [0.25, 0.3) is 10.1 Å². The topological polar surface area (TPSA) is 74.6 Å². The third-order valence-electron chi connectivity index (χ3n) is 4.87. The van der Waals surface area contributed by atoms with E-state index in [1.54, 1.807) is 6.07 Å². The van der Waals surface area contributed by atoms with Crippen LogP contribution in [0.25, 0.3) is 0 Å². The van der Waals surface area contributed by atoms with E-state index in [0.29, 0.717) is 0 Å². The quantitative estimate of drug-likeness (QED) is 0.276. The molecule has 0 aliphatic heterocycles. The summed E-state index contributed by atoms with van der Waals surface area (Å²) in [6, 6.07) is 4.36. The van der Waals surface area contributed by atoms with E-state index in [4.69, 9.17) is 4.55 Å². The molecule has 0 aliphatic carbocycles. The highest BCUT2D eigenvalue weighted by molar-refractivity contribution is 7.86. The van der Waals surface area contributed by atoms with Crippen molar-refractivity contribution in [1.29, 1.82) is 0 Å². The molecule has 0 unspecified atom stereocenters. The Bertz CT molecular complexity index is 596. The minimum absolute atomic E-state index is 0.375. The molecule has 2 N–H and O–H groups in total. The summed E-state index contributed by atoms with van der Waals surface area (Å²) in [5.41, 5.74) is 0.901. The molecule has 0 saturated carbocycles. The number of hydrogen-bond donors (Lipinski definition) is 2. The molecular weight excluding hydrogens is 348 g/mol. The van der Waals surface area contributed by atoms with Crippen LogP contribution in [-0.2, 0) is 16.5 Å². The number of aryl methyl sites for hydroxylation is 1. The van der Waals surface area contributed by atoms with E-state index in [2.05, 4.69) is 6.92 Å². The summed E-state index contributed by atoms with van der Waals surface area (Å²) in [6.45, 7) is 2.25. The Morgan fingerprint density at radius 3 is 1.65 bits per heavy atom. The summed E-state index contributed by atoms with van der Waals surface area (Å²) in [5.74, 6) is -0.375. The van der Waals surface area contributed by atoms with E-state index in [1.807, 2.05) is 0 Å². The van der Waals surface area contributed by atoms with Crippen LogP contribution in [0, 0.1) is 0 Å². The first-order valence-electron chi connectivity index (χ1n) is 10.2. The van der Waals surface area contributed by atoms with Crippen LogP contribution >= 0.6 is 0 Å². The second kappa shape index (κ2) is 13.2. The lowest BCUT2D eigenvalue weighted by Gasteiger charge is -2.06. The molecule has 0 atom stereocenters. The fourth-order valence-electron chi connectivity index (χ4n) is 3.28. The van der Waals surface area contributed by atoms with E-state index in [-0.39, 0.29) is 5.75 Å². The lowest BCUT2D eigenvalue weighted by molar-refractivity contribution is 0.442. The van der Waals surface area contributed by atoms with Gasteiger partial charge >= 0.3 is 0 Å². The van der Waals surface area contributed by atoms with Crippen LogP contribution < -0.4 is 0 Å². The molecule has 4 nitrogen and oxygen atoms in total. The van der Waals surface area contributed by atoms with Crippen LogP contribution in [0.4, 0.5) is 0 Å². The average molecular weight is 385 g/mol. The Labute approximate surface area is 159 Å². The molecule has 26 heavy (non-hydrogen) atoms. The van der Waals surface area contributed by atoms with Crippen molar-refractivity contribution in [3.05, 3.63) is 23.8 Å². The number of phenols is 1. The normalized spacial score (nSPS) is 11.8. The summed E-state index contributed by atoms with van der Waals surface area (Å²) in [5, 5.41) is 9.69. The van der Waals surface area contributed by atoms with Crippen molar-refractivity contribution in [2.75, 3.05) is 0 Å². The molecule has 5 heteroatoms. The molecule has 0 heterocycles. The standard InChI is InChI=1S/C21H36O4S/c1-2-3-4-5-6-7-8-9-10-11-12-13-14-15-19-16-17-21(20(22)18-19)26(23,24)25/h16-18,22H,2-15H2,1H3,(H,23,24,25). The molecule has 1 aromatic carbocycles. The molecule has 0 spiro atoms. The van der Waals surface area contributed by atoms with Crippen molar-refractivity contribution >= 4 is 10.1 Å². The van der Waals surface area contributed by atoms with E-state index >= 15 is 0 Å². The number of aromatic hydroxyl groups is 1. The molecule has 0 amide bonds. The van der Waals surface area contributed by atoms with E-state index in [0.717, 1.165) is 24.8 Å². The van der Waals surface area contributed by atoms with Crippen molar-refractivity contribution in [2.45, 2.75) is 102 Å². The van der Waals surface area contributed by atoms with Crippen molar-refractivity contribution < 1.29 is 18.1 Å². The molecule has 150 valence electrons. The maximum atomic E-state index is 11.0. The molecule has 0 aliphatic rings. The van der Waals surface area contributed by atoms with Crippen LogP contribution in [0.1, 0.15) is 96.0 Å². The fourth-order valence-corrected chi connectivity index (χ4v) is 3.85. The largest absolute Gasteiger partial charge is 0.506 e. The Morgan fingerprint density at radius 1 is 0.769 bits per heavy atom. The SMILES string of the molecule is CCCCCCCCCCCCCCCc1ccc(S(=O)(=O)O)c(O)c1. The number of hydrogen-bond acceptors (Lipinski definition) is 3. The Balaban J connectivity index is 2.02. The van der Waals surface area contributed by atoms with Crippen molar-refractivity contribution in [3.8, 4) is 5.75 Å². The molecule has 0 saturated heterocycles. The molecule has 1 rings (SSSR count). The highest BCUT2D eigenvalue weighted by Gasteiger charge is 2.15. The Morgan fingerprint density at radius 2 is 1.23 bits per heavy atom. The zero-order valence-corrected chi connectivity index (χ0v) is 17.1. The third kappa shape index (κ3) is 10.2. The summed E-state index contributed by atoms with van der Waals surface area (Å²) in [7, 11) is -4.35. The second-order valence-corrected chi connectivity index (χ2v) is 8.66. The van der Waals surface area contributed by atoms with Gasteiger partial charge in [-0.25, -0.2) is 0 Å². The van der Waals surface area contributed by atoms with Gasteiger partial charge in [0.15, 0.2) is 0 Å². The minimum atomic E-state index is -4.35. The van der Waals surface area contributed by atoms with Gasteiger partial charge in [-0.15, -0.1) is 0 Å². The van der Waals surface area contributed by atoms with Gasteiger partial charge in [0.1, 0.15) is 10.6 Å². The molecule has 0 radical (unpaired) electrons. The van der Waals surface area contributed by atoms with Gasteiger partial charge in [-0.2, -0.15) is 8.42 Å². The lowest BCUT2D eigenvalue weighted by Crippen LogP contribution is -1.99. The second-order valence-electron chi connectivity index (χ2n) is 7.27. The van der Waals surface area contributed by atoms with Gasteiger partial charge in [0, 0.05) is 0 Å². The van der Waals surface area contributed by atoms with Gasteiger partial charge in [0.05, 0.1) is 0 Å². The average Bonchev–Trinajstić information content (AvgIpc) is 2.58. The monoisotopic (exact) mass is 384 g/mol. The Hall–Kier alpha value is -1.07. The fraction of sp³-hybridized carbons (Fsp3) is 0.714. The number of benzene rings is 1. The first-order chi connectivity index (χ1) is 12.4. The number of rotatable bonds is 15. The van der Waals surface area contributed by atoms with Crippen LogP contribution in [0.2, 0.25) is 0 Å². The van der Waals surface area contributed by atoms with Gasteiger partial charge in [-0.3, -0.25) is 4.55 Å². The number of unbranched alkanes of at least 4 members (excludes halogenated alkanes) is 12. The molecule has 0 bridgehead atoms. The van der Waals surface area contributed by atoms with E-state index < -0.39 is 15.0 Å².